The molecule has 3 nitrogen and oxygen atoms in total. The maximum absolute atomic E-state index is 5.98. The second-order valence-corrected chi connectivity index (χ2v) is 4.16. The zero-order valence-corrected chi connectivity index (χ0v) is 11.2. The van der Waals surface area contributed by atoms with E-state index < -0.39 is 0 Å². The van der Waals surface area contributed by atoms with E-state index in [1.165, 1.54) is 0 Å². The van der Waals surface area contributed by atoms with Gasteiger partial charge in [0, 0.05) is 37.3 Å². The van der Waals surface area contributed by atoms with Crippen molar-refractivity contribution >= 4 is 11.6 Å². The maximum atomic E-state index is 5.98. The molecular formula is C13H20ClNO2. The fraction of sp³-hybridized carbons (Fsp3) is 0.538. The Balaban J connectivity index is 2.55. The number of halogens is 1. The zero-order valence-electron chi connectivity index (χ0n) is 10.5. The van der Waals surface area contributed by atoms with Crippen molar-refractivity contribution in [2.24, 2.45) is 0 Å². The van der Waals surface area contributed by atoms with E-state index in [4.69, 9.17) is 21.1 Å². The summed E-state index contributed by atoms with van der Waals surface area (Å²) < 4.78 is 10.7. The van der Waals surface area contributed by atoms with E-state index in [9.17, 15) is 0 Å². The van der Waals surface area contributed by atoms with Crippen LogP contribution in [0.3, 0.4) is 0 Å². The van der Waals surface area contributed by atoms with E-state index >= 15 is 0 Å². The van der Waals surface area contributed by atoms with Gasteiger partial charge in [-0.1, -0.05) is 18.5 Å². The Morgan fingerprint density at radius 2 is 2.12 bits per heavy atom. The summed E-state index contributed by atoms with van der Waals surface area (Å²) in [6.45, 7) is 5.15. The van der Waals surface area contributed by atoms with Crippen LogP contribution < -0.4 is 10.1 Å². The second kappa shape index (κ2) is 8.34. The van der Waals surface area contributed by atoms with Gasteiger partial charge >= 0.3 is 0 Å². The molecular weight excluding hydrogens is 238 g/mol. The molecule has 0 aliphatic heterocycles. The molecule has 0 amide bonds. The molecule has 1 aromatic rings. The van der Waals surface area contributed by atoms with Gasteiger partial charge in [-0.05, 0) is 24.7 Å². The summed E-state index contributed by atoms with van der Waals surface area (Å²) in [6.07, 6.45) is 0.889. The van der Waals surface area contributed by atoms with Gasteiger partial charge in [-0.25, -0.2) is 0 Å². The molecule has 0 radical (unpaired) electrons. The quantitative estimate of drug-likeness (QED) is 0.727. The van der Waals surface area contributed by atoms with Gasteiger partial charge < -0.3 is 14.8 Å². The lowest BCUT2D eigenvalue weighted by molar-refractivity contribution is 0.171. The molecule has 0 saturated carbocycles. The number of hydrogen-bond acceptors (Lipinski definition) is 3. The SMILES string of the molecule is CCNCc1cc(Cl)ccc1OCCCOC. The van der Waals surface area contributed by atoms with Crippen LogP contribution in [0.4, 0.5) is 0 Å². The van der Waals surface area contributed by atoms with Crippen molar-refractivity contribution in [1.29, 1.82) is 0 Å². The highest BCUT2D eigenvalue weighted by Crippen LogP contribution is 2.23. The Bertz CT molecular complexity index is 331. The molecule has 0 heterocycles. The molecule has 1 aromatic carbocycles. The van der Waals surface area contributed by atoms with Crippen molar-refractivity contribution < 1.29 is 9.47 Å². The van der Waals surface area contributed by atoms with Gasteiger partial charge in [0.05, 0.1) is 6.61 Å². The Hall–Kier alpha value is -0.770. The number of nitrogens with one attached hydrogen (secondary N) is 1. The standard InChI is InChI=1S/C13H20ClNO2/c1-3-15-10-11-9-12(14)5-6-13(11)17-8-4-7-16-2/h5-6,9,15H,3-4,7-8,10H2,1-2H3. The first-order valence-electron chi connectivity index (χ1n) is 5.88. The molecule has 1 N–H and O–H groups in total. The predicted octanol–water partition coefficient (Wildman–Crippen LogP) is 2.86. The molecule has 0 aliphatic rings. The highest BCUT2D eigenvalue weighted by Gasteiger charge is 2.04. The Morgan fingerprint density at radius 1 is 1.29 bits per heavy atom. The molecule has 0 fully saturated rings. The van der Waals surface area contributed by atoms with Gasteiger partial charge in [-0.3, -0.25) is 0 Å². The number of hydrogen-bond donors (Lipinski definition) is 1. The summed E-state index contributed by atoms with van der Waals surface area (Å²) in [7, 11) is 1.69. The van der Waals surface area contributed by atoms with Crippen molar-refractivity contribution in [3.63, 3.8) is 0 Å². The summed E-state index contributed by atoms with van der Waals surface area (Å²) in [6, 6.07) is 5.71. The van der Waals surface area contributed by atoms with E-state index in [0.29, 0.717) is 6.61 Å². The van der Waals surface area contributed by atoms with Gasteiger partial charge in [0.25, 0.3) is 0 Å². The first kappa shape index (κ1) is 14.3. The van der Waals surface area contributed by atoms with Crippen LogP contribution in [-0.4, -0.2) is 26.9 Å². The van der Waals surface area contributed by atoms with Gasteiger partial charge in [-0.2, -0.15) is 0 Å². The first-order chi connectivity index (χ1) is 8.27. The molecule has 0 atom stereocenters. The van der Waals surface area contributed by atoms with E-state index in [1.54, 1.807) is 7.11 Å². The molecule has 0 unspecified atom stereocenters. The number of methoxy groups -OCH3 is 1. The van der Waals surface area contributed by atoms with Crippen LogP contribution in [0.25, 0.3) is 0 Å². The van der Waals surface area contributed by atoms with Crippen LogP contribution in [0, 0.1) is 0 Å². The van der Waals surface area contributed by atoms with Crippen LogP contribution >= 0.6 is 11.6 Å². The van der Waals surface area contributed by atoms with Crippen LogP contribution in [0.5, 0.6) is 5.75 Å². The molecule has 0 spiro atoms. The third-order valence-corrected chi connectivity index (χ3v) is 2.57. The lowest BCUT2D eigenvalue weighted by Gasteiger charge is -2.12. The number of rotatable bonds is 8. The van der Waals surface area contributed by atoms with E-state index in [-0.39, 0.29) is 0 Å². The highest BCUT2D eigenvalue weighted by atomic mass is 35.5. The van der Waals surface area contributed by atoms with Crippen molar-refractivity contribution in [2.75, 3.05) is 26.9 Å². The van der Waals surface area contributed by atoms with E-state index in [2.05, 4.69) is 12.2 Å². The molecule has 0 bridgehead atoms. The normalized spacial score (nSPS) is 10.5. The summed E-state index contributed by atoms with van der Waals surface area (Å²) in [5, 5.41) is 4.01. The largest absolute Gasteiger partial charge is 0.493 e. The average Bonchev–Trinajstić information content (AvgIpc) is 2.34. The van der Waals surface area contributed by atoms with Gasteiger partial charge in [0.2, 0.25) is 0 Å². The van der Waals surface area contributed by atoms with Crippen molar-refractivity contribution in [3.05, 3.63) is 28.8 Å². The topological polar surface area (TPSA) is 30.5 Å². The van der Waals surface area contributed by atoms with Crippen molar-refractivity contribution in [2.45, 2.75) is 19.9 Å². The Kier molecular flexibility index (Phi) is 7.01. The maximum Gasteiger partial charge on any atom is 0.123 e. The van der Waals surface area contributed by atoms with Crippen molar-refractivity contribution in [3.8, 4) is 5.75 Å². The van der Waals surface area contributed by atoms with E-state index in [1.807, 2.05) is 18.2 Å². The van der Waals surface area contributed by atoms with Crippen LogP contribution in [-0.2, 0) is 11.3 Å². The Morgan fingerprint density at radius 3 is 2.82 bits per heavy atom. The van der Waals surface area contributed by atoms with Gasteiger partial charge in [-0.15, -0.1) is 0 Å². The number of benzene rings is 1. The summed E-state index contributed by atoms with van der Waals surface area (Å²) in [5.41, 5.74) is 1.09. The average molecular weight is 258 g/mol. The van der Waals surface area contributed by atoms with Gasteiger partial charge in [0.15, 0.2) is 0 Å². The summed E-state index contributed by atoms with van der Waals surface area (Å²) in [4.78, 5) is 0. The molecule has 0 aliphatic carbocycles. The van der Waals surface area contributed by atoms with Crippen LogP contribution in [0.15, 0.2) is 18.2 Å². The second-order valence-electron chi connectivity index (χ2n) is 3.73. The first-order valence-corrected chi connectivity index (χ1v) is 6.26. The third-order valence-electron chi connectivity index (χ3n) is 2.34. The molecule has 0 saturated heterocycles. The lowest BCUT2D eigenvalue weighted by Crippen LogP contribution is -2.13. The monoisotopic (exact) mass is 257 g/mol. The summed E-state index contributed by atoms with van der Waals surface area (Å²) >= 11 is 5.98. The zero-order chi connectivity index (χ0) is 12.5. The lowest BCUT2D eigenvalue weighted by atomic mass is 10.2. The number of ether oxygens (including phenoxy) is 2. The predicted molar refractivity (Wildman–Crippen MR) is 70.8 cm³/mol. The molecule has 4 heteroatoms. The summed E-state index contributed by atoms with van der Waals surface area (Å²) in [5.74, 6) is 0.895. The molecule has 17 heavy (non-hydrogen) atoms. The smallest absolute Gasteiger partial charge is 0.123 e. The molecule has 0 aromatic heterocycles. The fourth-order valence-corrected chi connectivity index (χ4v) is 1.67. The van der Waals surface area contributed by atoms with Crippen LogP contribution in [0.2, 0.25) is 5.02 Å². The van der Waals surface area contributed by atoms with E-state index in [0.717, 1.165) is 42.5 Å². The van der Waals surface area contributed by atoms with Crippen molar-refractivity contribution in [1.82, 2.24) is 5.32 Å². The fourth-order valence-electron chi connectivity index (χ4n) is 1.47. The minimum absolute atomic E-state index is 0.661. The third kappa shape index (κ3) is 5.39. The van der Waals surface area contributed by atoms with Crippen LogP contribution in [0.1, 0.15) is 18.9 Å². The highest BCUT2D eigenvalue weighted by molar-refractivity contribution is 6.30. The van der Waals surface area contributed by atoms with Gasteiger partial charge in [0.1, 0.15) is 5.75 Å². The molecule has 96 valence electrons. The molecule has 1 rings (SSSR count). The Labute approximate surface area is 108 Å². The minimum Gasteiger partial charge on any atom is -0.493 e. The minimum atomic E-state index is 0.661.